The van der Waals surface area contributed by atoms with E-state index in [2.05, 4.69) is 18.4 Å². The molecule has 3 heteroatoms. The Morgan fingerprint density at radius 2 is 2.08 bits per heavy atom. The SMILES string of the molecule is CCCCCCc1cc[c]s1.[Cl-].[Zn]. The predicted molar refractivity (Wildman–Crippen MR) is 51.0 cm³/mol. The summed E-state index contributed by atoms with van der Waals surface area (Å²) in [5.41, 5.74) is 0. The van der Waals surface area contributed by atoms with Gasteiger partial charge in [-0.25, -0.2) is 0 Å². The second kappa shape index (κ2) is 10.7. The van der Waals surface area contributed by atoms with E-state index >= 15 is 0 Å². The quantitative estimate of drug-likeness (QED) is 0.544. The number of hydrogen-bond donors (Lipinski definition) is 0. The van der Waals surface area contributed by atoms with Gasteiger partial charge in [0, 0.05) is 29.7 Å². The van der Waals surface area contributed by atoms with Crippen LogP contribution in [0, 0.1) is 5.38 Å². The molecule has 0 saturated heterocycles. The molecule has 0 bridgehead atoms. The zero-order valence-electron chi connectivity index (χ0n) is 8.18. The van der Waals surface area contributed by atoms with Crippen LogP contribution < -0.4 is 12.4 Å². The van der Waals surface area contributed by atoms with Gasteiger partial charge in [0.2, 0.25) is 0 Å². The maximum absolute atomic E-state index is 3.11. The van der Waals surface area contributed by atoms with Crippen LogP contribution in [-0.4, -0.2) is 0 Å². The van der Waals surface area contributed by atoms with Crippen molar-refractivity contribution in [3.63, 3.8) is 0 Å². The summed E-state index contributed by atoms with van der Waals surface area (Å²) in [6, 6.07) is 4.19. The van der Waals surface area contributed by atoms with Gasteiger partial charge in [0.25, 0.3) is 0 Å². The van der Waals surface area contributed by atoms with Crippen LogP contribution in [0.4, 0.5) is 0 Å². The van der Waals surface area contributed by atoms with E-state index in [0.717, 1.165) is 0 Å². The van der Waals surface area contributed by atoms with Gasteiger partial charge in [-0.05, 0) is 25.0 Å². The molecular weight excluding hydrogens is 253 g/mol. The summed E-state index contributed by atoms with van der Waals surface area (Å²) in [5.74, 6) is 0. The van der Waals surface area contributed by atoms with Gasteiger partial charge < -0.3 is 12.4 Å². The molecule has 13 heavy (non-hydrogen) atoms. The van der Waals surface area contributed by atoms with Gasteiger partial charge in [0.15, 0.2) is 0 Å². The van der Waals surface area contributed by atoms with Crippen LogP contribution in [-0.2, 0) is 25.9 Å². The van der Waals surface area contributed by atoms with Crippen molar-refractivity contribution in [2.24, 2.45) is 0 Å². The van der Waals surface area contributed by atoms with Gasteiger partial charge in [0.05, 0.1) is 0 Å². The third kappa shape index (κ3) is 7.67. The van der Waals surface area contributed by atoms with E-state index in [4.69, 9.17) is 0 Å². The first-order valence-corrected chi connectivity index (χ1v) is 5.20. The molecule has 0 N–H and O–H groups in total. The van der Waals surface area contributed by atoms with Crippen molar-refractivity contribution in [3.05, 3.63) is 22.4 Å². The Balaban J connectivity index is 0. The molecule has 0 aromatic carbocycles. The Hall–Kier alpha value is 0.613. The van der Waals surface area contributed by atoms with E-state index in [0.29, 0.717) is 0 Å². The van der Waals surface area contributed by atoms with Crippen molar-refractivity contribution >= 4 is 11.3 Å². The fourth-order valence-corrected chi connectivity index (χ4v) is 1.80. The second-order valence-corrected chi connectivity index (χ2v) is 3.79. The first-order valence-electron chi connectivity index (χ1n) is 4.38. The maximum atomic E-state index is 3.11. The molecular formula is C10H15ClSZn-. The summed E-state index contributed by atoms with van der Waals surface area (Å²) in [5, 5.41) is 3.11. The first-order chi connectivity index (χ1) is 5.43. The van der Waals surface area contributed by atoms with Crippen LogP contribution in [0.3, 0.4) is 0 Å². The van der Waals surface area contributed by atoms with Crippen LogP contribution >= 0.6 is 11.3 Å². The fraction of sp³-hybridized carbons (Fsp3) is 0.600. The number of hydrogen-bond acceptors (Lipinski definition) is 1. The molecule has 71 valence electrons. The van der Waals surface area contributed by atoms with Gasteiger partial charge in [-0.2, -0.15) is 0 Å². The van der Waals surface area contributed by atoms with Crippen LogP contribution in [0.2, 0.25) is 0 Å². The summed E-state index contributed by atoms with van der Waals surface area (Å²) in [6.07, 6.45) is 6.70. The van der Waals surface area contributed by atoms with Gasteiger partial charge in [-0.3, -0.25) is 0 Å². The number of unbranched alkanes of at least 4 members (excludes halogenated alkanes) is 3. The predicted octanol–water partition coefficient (Wildman–Crippen LogP) is 0.673. The normalized spacial score (nSPS) is 8.69. The third-order valence-electron chi connectivity index (χ3n) is 1.80. The van der Waals surface area contributed by atoms with Crippen molar-refractivity contribution in [2.75, 3.05) is 0 Å². The third-order valence-corrected chi connectivity index (χ3v) is 2.66. The average Bonchev–Trinajstić information content (AvgIpc) is 2.50. The van der Waals surface area contributed by atoms with E-state index in [1.807, 2.05) is 6.07 Å². The molecule has 0 aliphatic carbocycles. The van der Waals surface area contributed by atoms with Gasteiger partial charge >= 0.3 is 0 Å². The number of aryl methyl sites for hydroxylation is 1. The Labute approximate surface area is 104 Å². The molecule has 0 atom stereocenters. The average molecular weight is 268 g/mol. The van der Waals surface area contributed by atoms with Crippen molar-refractivity contribution in [2.45, 2.75) is 39.0 Å². The monoisotopic (exact) mass is 266 g/mol. The van der Waals surface area contributed by atoms with Crippen molar-refractivity contribution in [1.29, 1.82) is 0 Å². The molecule has 1 rings (SSSR count). The molecule has 1 heterocycles. The minimum absolute atomic E-state index is 0. The molecule has 0 spiro atoms. The standard InChI is InChI=1S/C10H15S.ClH.Zn/c1-2-3-4-5-7-10-8-6-9-11-10;;/h6,8H,2-5,7H2,1H3;1H;/p-1. The summed E-state index contributed by atoms with van der Waals surface area (Å²) in [4.78, 5) is 1.49. The summed E-state index contributed by atoms with van der Waals surface area (Å²) >= 11 is 1.76. The second-order valence-electron chi connectivity index (χ2n) is 2.83. The molecule has 0 fully saturated rings. The van der Waals surface area contributed by atoms with E-state index in [9.17, 15) is 0 Å². The molecule has 0 aliphatic heterocycles. The minimum Gasteiger partial charge on any atom is -1.00 e. The van der Waals surface area contributed by atoms with Crippen LogP contribution in [0.25, 0.3) is 0 Å². The zero-order chi connectivity index (χ0) is 7.94. The largest absolute Gasteiger partial charge is 1.00 e. The van der Waals surface area contributed by atoms with Gasteiger partial charge in [-0.1, -0.05) is 26.2 Å². The van der Waals surface area contributed by atoms with Crippen LogP contribution in [0.15, 0.2) is 12.1 Å². The number of thiophene rings is 1. The zero-order valence-corrected chi connectivity index (χ0v) is 12.7. The molecule has 1 aromatic heterocycles. The summed E-state index contributed by atoms with van der Waals surface area (Å²) in [7, 11) is 0. The maximum Gasteiger partial charge on any atom is 0.0445 e. The molecule has 0 aliphatic rings. The van der Waals surface area contributed by atoms with Crippen LogP contribution in [0.5, 0.6) is 0 Å². The van der Waals surface area contributed by atoms with E-state index in [-0.39, 0.29) is 31.9 Å². The Kier molecular flexibility index (Phi) is 13.2. The topological polar surface area (TPSA) is 0 Å². The first kappa shape index (κ1) is 16.1. The van der Waals surface area contributed by atoms with Crippen LogP contribution in [0.1, 0.15) is 37.5 Å². The fourth-order valence-electron chi connectivity index (χ4n) is 1.13. The van der Waals surface area contributed by atoms with Gasteiger partial charge in [-0.15, -0.1) is 11.3 Å². The van der Waals surface area contributed by atoms with E-state index < -0.39 is 0 Å². The number of halogens is 1. The summed E-state index contributed by atoms with van der Waals surface area (Å²) < 4.78 is 0. The number of rotatable bonds is 5. The molecule has 0 nitrogen and oxygen atoms in total. The van der Waals surface area contributed by atoms with Gasteiger partial charge in [0.1, 0.15) is 0 Å². The molecule has 1 aromatic rings. The minimum atomic E-state index is 0. The molecule has 0 saturated carbocycles. The van der Waals surface area contributed by atoms with Crippen molar-refractivity contribution in [1.82, 2.24) is 0 Å². The van der Waals surface area contributed by atoms with Crippen molar-refractivity contribution < 1.29 is 31.9 Å². The summed E-state index contributed by atoms with van der Waals surface area (Å²) in [6.45, 7) is 2.25. The Bertz CT molecular complexity index is 175. The van der Waals surface area contributed by atoms with E-state index in [1.54, 1.807) is 11.3 Å². The molecule has 0 unspecified atom stereocenters. The van der Waals surface area contributed by atoms with Crippen molar-refractivity contribution in [3.8, 4) is 0 Å². The molecule has 1 radical (unpaired) electrons. The molecule has 0 amide bonds. The smallest absolute Gasteiger partial charge is 0.0445 e. The Morgan fingerprint density at radius 3 is 2.62 bits per heavy atom. The Morgan fingerprint density at radius 1 is 1.31 bits per heavy atom. The van der Waals surface area contributed by atoms with E-state index in [1.165, 1.54) is 37.0 Å².